The first-order valence-electron chi connectivity index (χ1n) is 20.7. The molecule has 0 spiro atoms. The number of carbonyl (C=O) groups excluding carboxylic acids is 1. The van der Waals surface area contributed by atoms with Gasteiger partial charge in [0.15, 0.2) is 6.29 Å². The van der Waals surface area contributed by atoms with Crippen LogP contribution in [0, 0.1) is 0 Å². The first-order chi connectivity index (χ1) is 23.8. The Bertz CT molecular complexity index is 741. The van der Waals surface area contributed by atoms with Gasteiger partial charge in [-0.25, -0.2) is 0 Å². The summed E-state index contributed by atoms with van der Waals surface area (Å²) in [5, 5.41) is 54.1. The Morgan fingerprint density at radius 2 is 1.02 bits per heavy atom. The number of rotatable bonds is 34. The molecule has 1 amide bonds. The fourth-order valence-electron chi connectivity index (χ4n) is 6.81. The number of amides is 1. The maximum absolute atomic E-state index is 12.9. The summed E-state index contributed by atoms with van der Waals surface area (Å²) in [4.78, 5) is 12.9. The van der Waals surface area contributed by atoms with Crippen molar-refractivity contribution in [2.45, 2.75) is 236 Å². The van der Waals surface area contributed by atoms with E-state index in [-0.39, 0.29) is 12.5 Å². The second-order valence-electron chi connectivity index (χ2n) is 14.8. The van der Waals surface area contributed by atoms with Crippen LogP contribution < -0.4 is 5.32 Å². The van der Waals surface area contributed by atoms with Gasteiger partial charge in [-0.15, -0.1) is 0 Å². The van der Waals surface area contributed by atoms with E-state index >= 15 is 0 Å². The molecule has 7 atom stereocenters. The first kappa shape index (κ1) is 46.2. The van der Waals surface area contributed by atoms with Crippen molar-refractivity contribution in [3.05, 3.63) is 0 Å². The number of aliphatic hydroxyl groups excluding tert-OH is 5. The van der Waals surface area contributed by atoms with Crippen LogP contribution in [0.4, 0.5) is 0 Å². The molecule has 0 bridgehead atoms. The Morgan fingerprint density at radius 3 is 1.45 bits per heavy atom. The van der Waals surface area contributed by atoms with Gasteiger partial charge in [0, 0.05) is 6.42 Å². The lowest BCUT2D eigenvalue weighted by Gasteiger charge is -2.40. The average molecular weight is 702 g/mol. The number of hydrogen-bond donors (Lipinski definition) is 6. The molecule has 0 aromatic carbocycles. The molecule has 49 heavy (non-hydrogen) atoms. The molecule has 1 fully saturated rings. The van der Waals surface area contributed by atoms with Crippen LogP contribution in [0.1, 0.15) is 194 Å². The van der Waals surface area contributed by atoms with Crippen LogP contribution in [0.3, 0.4) is 0 Å². The number of ether oxygens (including phenoxy) is 2. The highest BCUT2D eigenvalue weighted by atomic mass is 16.7. The second kappa shape index (κ2) is 31.9. The topological polar surface area (TPSA) is 149 Å². The lowest BCUT2D eigenvalue weighted by atomic mass is 9.99. The Kier molecular flexibility index (Phi) is 30.1. The van der Waals surface area contributed by atoms with Crippen molar-refractivity contribution >= 4 is 5.91 Å². The average Bonchev–Trinajstić information content (AvgIpc) is 3.10. The van der Waals surface area contributed by atoms with Crippen LogP contribution in [0.5, 0.6) is 0 Å². The minimum Gasteiger partial charge on any atom is -0.394 e. The lowest BCUT2D eigenvalue weighted by Crippen LogP contribution is -2.60. The molecule has 1 aliphatic rings. The maximum atomic E-state index is 12.9. The summed E-state index contributed by atoms with van der Waals surface area (Å²) in [5.41, 5.74) is 0. The van der Waals surface area contributed by atoms with E-state index in [9.17, 15) is 30.3 Å². The van der Waals surface area contributed by atoms with Gasteiger partial charge in [-0.3, -0.25) is 4.79 Å². The highest BCUT2D eigenvalue weighted by Crippen LogP contribution is 2.23. The summed E-state index contributed by atoms with van der Waals surface area (Å²) >= 11 is 0. The molecule has 1 aliphatic heterocycles. The van der Waals surface area contributed by atoms with Crippen molar-refractivity contribution in [3.8, 4) is 0 Å². The van der Waals surface area contributed by atoms with Crippen LogP contribution in [0.2, 0.25) is 0 Å². The summed E-state index contributed by atoms with van der Waals surface area (Å²) in [5.74, 6) is -0.143. The largest absolute Gasteiger partial charge is 0.394 e. The van der Waals surface area contributed by atoms with Crippen molar-refractivity contribution in [1.29, 1.82) is 0 Å². The molecule has 0 aromatic rings. The number of carbonyl (C=O) groups is 1. The Balaban J connectivity index is 2.36. The van der Waals surface area contributed by atoms with E-state index in [4.69, 9.17) is 9.47 Å². The van der Waals surface area contributed by atoms with Crippen LogP contribution in [-0.2, 0) is 14.3 Å². The smallest absolute Gasteiger partial charge is 0.220 e. The predicted molar refractivity (Wildman–Crippen MR) is 198 cm³/mol. The molecule has 1 rings (SSSR count). The molecule has 0 radical (unpaired) electrons. The number of nitrogens with one attached hydrogen (secondary N) is 1. The highest BCUT2D eigenvalue weighted by Gasteiger charge is 2.44. The number of aliphatic hydroxyl groups is 5. The number of hydrogen-bond acceptors (Lipinski definition) is 8. The van der Waals surface area contributed by atoms with Gasteiger partial charge in [0.1, 0.15) is 24.4 Å². The van der Waals surface area contributed by atoms with E-state index in [2.05, 4.69) is 19.2 Å². The zero-order valence-corrected chi connectivity index (χ0v) is 31.7. The standard InChI is InChI=1S/C40H79NO8/c1-3-5-7-9-11-13-15-16-17-18-20-22-24-26-28-30-36(44)41-33(32-48-40-39(47)38(46)37(45)35(31-42)49-40)34(43)29-27-25-23-21-19-14-12-10-8-6-4-2/h33-35,37-40,42-43,45-47H,3-32H2,1-2H3,(H,41,44)/t33-,34+,35-,37-,38?,39?,40-/m0/s1. The molecule has 6 N–H and O–H groups in total. The summed E-state index contributed by atoms with van der Waals surface area (Å²) in [6.07, 6.45) is 25.3. The van der Waals surface area contributed by atoms with Crippen LogP contribution in [-0.4, -0.2) is 87.5 Å². The van der Waals surface area contributed by atoms with Crippen molar-refractivity contribution in [1.82, 2.24) is 5.32 Å². The minimum absolute atomic E-state index is 0.132. The van der Waals surface area contributed by atoms with Crippen molar-refractivity contribution in [2.24, 2.45) is 0 Å². The molecule has 2 unspecified atom stereocenters. The van der Waals surface area contributed by atoms with Gasteiger partial charge < -0.3 is 40.3 Å². The molecular weight excluding hydrogens is 622 g/mol. The third-order valence-electron chi connectivity index (χ3n) is 10.2. The van der Waals surface area contributed by atoms with Gasteiger partial charge in [0.25, 0.3) is 0 Å². The third-order valence-corrected chi connectivity index (χ3v) is 10.2. The molecule has 0 saturated carbocycles. The zero-order chi connectivity index (χ0) is 36.0. The summed E-state index contributed by atoms with van der Waals surface area (Å²) < 4.78 is 11.2. The molecular formula is C40H79NO8. The maximum Gasteiger partial charge on any atom is 0.220 e. The fraction of sp³-hybridized carbons (Fsp3) is 0.975. The third kappa shape index (κ3) is 23.4. The van der Waals surface area contributed by atoms with Crippen LogP contribution in [0.25, 0.3) is 0 Å². The van der Waals surface area contributed by atoms with E-state index in [0.717, 1.165) is 38.5 Å². The predicted octanol–water partition coefficient (Wildman–Crippen LogP) is 7.61. The molecule has 1 heterocycles. The van der Waals surface area contributed by atoms with Gasteiger partial charge in [0.2, 0.25) is 5.91 Å². The first-order valence-corrected chi connectivity index (χ1v) is 20.7. The SMILES string of the molecule is CCCCCCCCCCCCCCCCCC(=O)N[C@@H](CO[C@H]1O[C@@H](CO)[C@H](O)C(O)C1O)[C@H](O)CCCCCCCCCCCCC. The van der Waals surface area contributed by atoms with E-state index in [1.54, 1.807) is 0 Å². The molecule has 1 saturated heterocycles. The van der Waals surface area contributed by atoms with Gasteiger partial charge in [-0.05, 0) is 12.8 Å². The quantitative estimate of drug-likeness (QED) is 0.0376. The van der Waals surface area contributed by atoms with Gasteiger partial charge in [0.05, 0.1) is 25.4 Å². The molecule has 292 valence electrons. The normalized spacial score (nSPS) is 22.3. The van der Waals surface area contributed by atoms with Crippen LogP contribution in [0.15, 0.2) is 0 Å². The fourth-order valence-corrected chi connectivity index (χ4v) is 6.81. The summed E-state index contributed by atoms with van der Waals surface area (Å²) in [6, 6.07) is -0.709. The van der Waals surface area contributed by atoms with E-state index in [1.165, 1.54) is 128 Å². The molecule has 9 heteroatoms. The Morgan fingerprint density at radius 1 is 0.612 bits per heavy atom. The van der Waals surface area contributed by atoms with E-state index in [0.29, 0.717) is 12.8 Å². The molecule has 9 nitrogen and oxygen atoms in total. The summed E-state index contributed by atoms with van der Waals surface area (Å²) in [6.45, 7) is 3.82. The Labute approximate surface area is 300 Å². The molecule has 0 aromatic heterocycles. The highest BCUT2D eigenvalue weighted by molar-refractivity contribution is 5.76. The van der Waals surface area contributed by atoms with Gasteiger partial charge in [-0.1, -0.05) is 174 Å². The summed E-state index contributed by atoms with van der Waals surface area (Å²) in [7, 11) is 0. The van der Waals surface area contributed by atoms with Gasteiger partial charge in [-0.2, -0.15) is 0 Å². The van der Waals surface area contributed by atoms with Crippen molar-refractivity contribution < 1.29 is 39.8 Å². The van der Waals surface area contributed by atoms with Gasteiger partial charge >= 0.3 is 0 Å². The monoisotopic (exact) mass is 702 g/mol. The number of unbranched alkanes of at least 4 members (excludes halogenated alkanes) is 24. The minimum atomic E-state index is -1.55. The second-order valence-corrected chi connectivity index (χ2v) is 14.8. The lowest BCUT2D eigenvalue weighted by molar-refractivity contribution is -0.302. The van der Waals surface area contributed by atoms with E-state index < -0.39 is 49.5 Å². The van der Waals surface area contributed by atoms with E-state index in [1.807, 2.05) is 0 Å². The van der Waals surface area contributed by atoms with Crippen molar-refractivity contribution in [3.63, 3.8) is 0 Å². The van der Waals surface area contributed by atoms with Crippen molar-refractivity contribution in [2.75, 3.05) is 13.2 Å². The zero-order valence-electron chi connectivity index (χ0n) is 31.7. The molecule has 0 aliphatic carbocycles. The van der Waals surface area contributed by atoms with Crippen LogP contribution >= 0.6 is 0 Å². The Hall–Kier alpha value is -0.810.